The number of aryl methyl sites for hydroxylation is 3. The first-order chi connectivity index (χ1) is 20.4. The summed E-state index contributed by atoms with van der Waals surface area (Å²) in [5, 5.41) is 14.5. The number of carbonyl (C=O) groups is 1. The highest BCUT2D eigenvalue weighted by Crippen LogP contribution is 2.33. The molecule has 5 aromatic rings. The Morgan fingerprint density at radius 1 is 1.17 bits per heavy atom. The second-order valence-electron chi connectivity index (χ2n) is 10.2. The van der Waals surface area contributed by atoms with Gasteiger partial charge in [0.15, 0.2) is 5.82 Å². The van der Waals surface area contributed by atoms with Gasteiger partial charge in [0.05, 0.1) is 23.4 Å². The van der Waals surface area contributed by atoms with Crippen molar-refractivity contribution in [3.8, 4) is 17.3 Å². The third-order valence-corrected chi connectivity index (χ3v) is 7.21. The largest absolute Gasteiger partial charge is 0.459 e. The first-order valence-corrected chi connectivity index (χ1v) is 13.6. The number of aromatic nitrogens is 8. The molecule has 14 nitrogen and oxygen atoms in total. The van der Waals surface area contributed by atoms with E-state index in [0.29, 0.717) is 29.9 Å². The van der Waals surface area contributed by atoms with Crippen molar-refractivity contribution in [1.29, 1.82) is 0 Å². The summed E-state index contributed by atoms with van der Waals surface area (Å²) in [4.78, 5) is 40.0. The summed E-state index contributed by atoms with van der Waals surface area (Å²) in [6, 6.07) is 8.04. The molecule has 1 aliphatic heterocycles. The zero-order valence-electron chi connectivity index (χ0n) is 23.8. The first kappa shape index (κ1) is 27.1. The lowest BCUT2D eigenvalue weighted by atomic mass is 10.1. The highest BCUT2D eigenvalue weighted by molar-refractivity contribution is 6.06. The predicted octanol–water partition coefficient (Wildman–Crippen LogP) is 3.04. The maximum absolute atomic E-state index is 13.1. The van der Waals surface area contributed by atoms with Crippen molar-refractivity contribution < 1.29 is 9.53 Å². The average molecular weight is 569 g/mol. The number of ether oxygens (including phenoxy) is 1. The Hall–Kier alpha value is -5.11. The van der Waals surface area contributed by atoms with Crippen molar-refractivity contribution in [2.45, 2.75) is 26.4 Å². The van der Waals surface area contributed by atoms with E-state index in [-0.39, 0.29) is 24.6 Å². The van der Waals surface area contributed by atoms with Crippen LogP contribution >= 0.6 is 0 Å². The highest BCUT2D eigenvalue weighted by atomic mass is 16.5. The van der Waals surface area contributed by atoms with Crippen molar-refractivity contribution in [3.63, 3.8) is 0 Å². The van der Waals surface area contributed by atoms with E-state index in [4.69, 9.17) is 9.72 Å². The van der Waals surface area contributed by atoms with Crippen LogP contribution in [0.5, 0.6) is 6.01 Å². The fourth-order valence-electron chi connectivity index (χ4n) is 5.00. The van der Waals surface area contributed by atoms with Crippen LogP contribution in [-0.2, 0) is 11.8 Å². The molecule has 0 aliphatic carbocycles. The van der Waals surface area contributed by atoms with E-state index in [9.17, 15) is 4.79 Å². The number of para-hydroxylation sites is 1. The van der Waals surface area contributed by atoms with Crippen LogP contribution < -0.4 is 20.7 Å². The molecule has 4 aromatic heterocycles. The number of nitrogens with zero attached hydrogens (tertiary/aromatic N) is 8. The van der Waals surface area contributed by atoms with Gasteiger partial charge >= 0.3 is 6.01 Å². The third-order valence-electron chi connectivity index (χ3n) is 7.21. The Morgan fingerprint density at radius 2 is 2.05 bits per heavy atom. The Kier molecular flexibility index (Phi) is 7.35. The van der Waals surface area contributed by atoms with Gasteiger partial charge in [-0.05, 0) is 31.9 Å². The lowest BCUT2D eigenvalue weighted by Crippen LogP contribution is -2.33. The molecule has 1 saturated heterocycles. The number of hydrogen-bond donors (Lipinski definition) is 4. The molecule has 1 aromatic carbocycles. The van der Waals surface area contributed by atoms with Gasteiger partial charge in [-0.15, -0.1) is 0 Å². The van der Waals surface area contributed by atoms with Crippen LogP contribution in [0.4, 0.5) is 23.4 Å². The molecule has 0 saturated carbocycles. The Morgan fingerprint density at radius 3 is 2.86 bits per heavy atom. The Bertz CT molecular complexity index is 1730. The van der Waals surface area contributed by atoms with E-state index in [1.165, 1.54) is 6.33 Å². The Labute approximate surface area is 242 Å². The third kappa shape index (κ3) is 5.69. The maximum Gasteiger partial charge on any atom is 0.321 e. The van der Waals surface area contributed by atoms with E-state index >= 15 is 0 Å². The lowest BCUT2D eigenvalue weighted by Gasteiger charge is -2.16. The lowest BCUT2D eigenvalue weighted by molar-refractivity contribution is -0.117. The van der Waals surface area contributed by atoms with Crippen LogP contribution in [0.1, 0.15) is 17.7 Å². The van der Waals surface area contributed by atoms with Gasteiger partial charge in [-0.2, -0.15) is 15.1 Å². The van der Waals surface area contributed by atoms with Crippen LogP contribution in [0.25, 0.3) is 22.2 Å². The van der Waals surface area contributed by atoms with Gasteiger partial charge in [-0.25, -0.2) is 15.0 Å². The molecule has 5 heterocycles. The van der Waals surface area contributed by atoms with E-state index < -0.39 is 0 Å². The summed E-state index contributed by atoms with van der Waals surface area (Å²) < 4.78 is 7.70. The quantitative estimate of drug-likeness (QED) is 0.207. The van der Waals surface area contributed by atoms with E-state index in [1.807, 2.05) is 51.4 Å². The number of likely N-dealkylation sites (tertiary alicyclic amines) is 1. The highest BCUT2D eigenvalue weighted by Gasteiger charge is 2.26. The normalized spacial score (nSPS) is 15.2. The molecule has 1 atom stereocenters. The van der Waals surface area contributed by atoms with Crippen molar-refractivity contribution >= 4 is 40.2 Å². The second-order valence-corrected chi connectivity index (χ2v) is 10.2. The number of H-pyrrole nitrogens is 1. The van der Waals surface area contributed by atoms with Gasteiger partial charge in [0.2, 0.25) is 17.8 Å². The van der Waals surface area contributed by atoms with Gasteiger partial charge in [0, 0.05) is 62.3 Å². The molecule has 0 spiro atoms. The summed E-state index contributed by atoms with van der Waals surface area (Å²) >= 11 is 0. The van der Waals surface area contributed by atoms with Crippen LogP contribution in [0.2, 0.25) is 0 Å². The summed E-state index contributed by atoms with van der Waals surface area (Å²) in [6.45, 7) is 5.54. The molecule has 42 heavy (non-hydrogen) atoms. The minimum atomic E-state index is -0.104. The number of hydrogen-bond acceptors (Lipinski definition) is 11. The fraction of sp³-hybridized carbons (Fsp3) is 0.321. The van der Waals surface area contributed by atoms with Crippen molar-refractivity contribution in [1.82, 2.24) is 44.6 Å². The van der Waals surface area contributed by atoms with Crippen molar-refractivity contribution in [2.24, 2.45) is 7.05 Å². The smallest absolute Gasteiger partial charge is 0.321 e. The van der Waals surface area contributed by atoms with E-state index in [0.717, 1.165) is 46.4 Å². The number of rotatable bonds is 9. The standard InChI is InChI=1S/C28H32N12O2/c1-16-11-31-27(35-22-10-17(2)39(4)38-22)36-24(16)20-12-30-25-19(20)6-5-7-21(25)34-23(41)14-40-9-8-18(13-40)42-28-33-15-32-26(29-3)37-28/h5-7,10-12,15,18,30H,8-9,13-14H2,1-4H3,(H,34,41)(H,29,32,33,37)(H,31,35,36,38)/t18-/m0/s1. The van der Waals surface area contributed by atoms with Crippen LogP contribution in [0.15, 0.2) is 43.0 Å². The summed E-state index contributed by atoms with van der Waals surface area (Å²) in [6.07, 6.45) is 5.78. The molecule has 6 rings (SSSR count). The molecule has 1 amide bonds. The maximum atomic E-state index is 13.1. The number of fused-ring (bicyclic) bond motifs is 1. The van der Waals surface area contributed by atoms with Gasteiger partial charge in [0.1, 0.15) is 12.4 Å². The molecular weight excluding hydrogens is 536 g/mol. The predicted molar refractivity (Wildman–Crippen MR) is 159 cm³/mol. The molecule has 1 aliphatic rings. The van der Waals surface area contributed by atoms with Crippen LogP contribution in [-0.4, -0.2) is 83.3 Å². The minimum absolute atomic E-state index is 0.100. The molecule has 0 radical (unpaired) electrons. The van der Waals surface area contributed by atoms with Crippen LogP contribution in [0.3, 0.4) is 0 Å². The molecule has 0 bridgehead atoms. The number of amides is 1. The molecule has 14 heteroatoms. The summed E-state index contributed by atoms with van der Waals surface area (Å²) in [5.41, 5.74) is 5.19. The topological polar surface area (TPSA) is 164 Å². The van der Waals surface area contributed by atoms with E-state index in [1.54, 1.807) is 17.9 Å². The molecule has 1 fully saturated rings. The van der Waals surface area contributed by atoms with E-state index in [2.05, 4.69) is 50.9 Å². The van der Waals surface area contributed by atoms with Crippen LogP contribution in [0, 0.1) is 13.8 Å². The summed E-state index contributed by atoms with van der Waals surface area (Å²) in [7, 11) is 3.62. The van der Waals surface area contributed by atoms with Gasteiger partial charge in [-0.3, -0.25) is 14.4 Å². The number of aromatic amines is 1. The zero-order valence-corrected chi connectivity index (χ0v) is 23.8. The zero-order chi connectivity index (χ0) is 29.2. The number of nitrogens with one attached hydrogen (secondary N) is 4. The molecule has 216 valence electrons. The number of benzene rings is 1. The Balaban J connectivity index is 1.13. The monoisotopic (exact) mass is 568 g/mol. The van der Waals surface area contributed by atoms with Crippen molar-refractivity contribution in [2.75, 3.05) is 42.6 Å². The first-order valence-electron chi connectivity index (χ1n) is 13.6. The van der Waals surface area contributed by atoms with Gasteiger partial charge in [0.25, 0.3) is 0 Å². The molecule has 4 N–H and O–H groups in total. The van der Waals surface area contributed by atoms with Crippen molar-refractivity contribution in [3.05, 3.63) is 54.2 Å². The fourth-order valence-corrected chi connectivity index (χ4v) is 5.00. The minimum Gasteiger partial charge on any atom is -0.459 e. The SMILES string of the molecule is CNc1ncnc(O[C@H]2CCN(CC(=O)Nc3cccc4c(-c5nc(Nc6cc(C)n(C)n6)ncc5C)c[nH]c34)C2)n1. The summed E-state index contributed by atoms with van der Waals surface area (Å²) in [5.74, 6) is 1.48. The molecule has 0 unspecified atom stereocenters. The number of carbonyl (C=O) groups excluding carboxylic acids is 1. The van der Waals surface area contributed by atoms with Gasteiger partial charge in [-0.1, -0.05) is 12.1 Å². The molecular formula is C28H32N12O2. The second kappa shape index (κ2) is 11.4. The van der Waals surface area contributed by atoms with Gasteiger partial charge < -0.3 is 25.7 Å². The number of anilines is 4. The average Bonchev–Trinajstić information content (AvgIpc) is 3.69.